The Bertz CT molecular complexity index is 434. The van der Waals surface area contributed by atoms with Crippen LogP contribution in [-0.2, 0) is 9.53 Å². The predicted octanol–water partition coefficient (Wildman–Crippen LogP) is 0.867. The largest absolute Gasteiger partial charge is 0.378 e. The van der Waals surface area contributed by atoms with Gasteiger partial charge >= 0.3 is 0 Å². The predicted molar refractivity (Wildman–Crippen MR) is 68.4 cm³/mol. The summed E-state index contributed by atoms with van der Waals surface area (Å²) < 4.78 is 7.37. The molecule has 1 aliphatic carbocycles. The zero-order chi connectivity index (χ0) is 13.2. The van der Waals surface area contributed by atoms with Crippen LogP contribution >= 0.6 is 0 Å². The molecule has 3 rings (SSSR count). The number of carbonyl (C=O) groups is 1. The Morgan fingerprint density at radius 2 is 2.42 bits per heavy atom. The third-order valence-electron chi connectivity index (χ3n) is 3.95. The van der Waals surface area contributed by atoms with Crippen LogP contribution in [0.1, 0.15) is 32.2 Å². The van der Waals surface area contributed by atoms with Gasteiger partial charge in [0.2, 0.25) is 5.91 Å². The molecule has 6 nitrogen and oxygen atoms in total. The van der Waals surface area contributed by atoms with Crippen LogP contribution in [0.4, 0.5) is 0 Å². The number of hydrogen-bond acceptors (Lipinski definition) is 4. The average Bonchev–Trinajstić information content (AvgIpc) is 3.00. The fraction of sp³-hybridized carbons (Fsp3) is 0.769. The normalized spacial score (nSPS) is 30.4. The van der Waals surface area contributed by atoms with Gasteiger partial charge in [0, 0.05) is 19.7 Å². The van der Waals surface area contributed by atoms with Gasteiger partial charge in [-0.3, -0.25) is 4.79 Å². The Balaban J connectivity index is 1.58. The third kappa shape index (κ3) is 2.63. The van der Waals surface area contributed by atoms with E-state index in [9.17, 15) is 4.79 Å². The molecule has 1 aliphatic heterocycles. The van der Waals surface area contributed by atoms with Crippen molar-refractivity contribution in [1.82, 2.24) is 19.7 Å². The second-order valence-electron chi connectivity index (χ2n) is 5.29. The molecular weight excluding hydrogens is 244 g/mol. The molecule has 1 amide bonds. The van der Waals surface area contributed by atoms with Gasteiger partial charge < -0.3 is 9.64 Å². The first kappa shape index (κ1) is 12.6. The first-order valence-corrected chi connectivity index (χ1v) is 7.04. The standard InChI is InChI=1S/C13H20N4O2/c1-2-19-12-6-11(12)13(18)16-5-3-4-10(7-16)17-9-14-8-15-17/h8-12H,2-7H2,1H3/t10-,11+,12-/m1/s1. The summed E-state index contributed by atoms with van der Waals surface area (Å²) in [6, 6.07) is 0.268. The van der Waals surface area contributed by atoms with Gasteiger partial charge in [-0.15, -0.1) is 0 Å². The monoisotopic (exact) mass is 264 g/mol. The molecule has 0 unspecified atom stereocenters. The topological polar surface area (TPSA) is 60.2 Å². The van der Waals surface area contributed by atoms with Crippen molar-refractivity contribution in [3.8, 4) is 0 Å². The molecule has 6 heteroatoms. The van der Waals surface area contributed by atoms with Crippen molar-refractivity contribution in [1.29, 1.82) is 0 Å². The quantitative estimate of drug-likeness (QED) is 0.809. The minimum absolute atomic E-state index is 0.0921. The molecule has 0 aromatic carbocycles. The average molecular weight is 264 g/mol. The molecule has 0 radical (unpaired) electrons. The number of nitrogens with zero attached hydrogens (tertiary/aromatic N) is 4. The van der Waals surface area contributed by atoms with E-state index < -0.39 is 0 Å². The maximum absolute atomic E-state index is 12.4. The summed E-state index contributed by atoms with van der Waals surface area (Å²) >= 11 is 0. The van der Waals surface area contributed by atoms with Crippen molar-refractivity contribution < 1.29 is 9.53 Å². The molecule has 3 atom stereocenters. The fourth-order valence-electron chi connectivity index (χ4n) is 2.84. The van der Waals surface area contributed by atoms with Crippen LogP contribution in [0.5, 0.6) is 0 Å². The van der Waals surface area contributed by atoms with E-state index >= 15 is 0 Å². The van der Waals surface area contributed by atoms with Crippen molar-refractivity contribution in [2.24, 2.45) is 5.92 Å². The second kappa shape index (κ2) is 5.28. The molecule has 2 heterocycles. The van der Waals surface area contributed by atoms with Crippen LogP contribution in [0.25, 0.3) is 0 Å². The number of carbonyl (C=O) groups excluding carboxylic acids is 1. The van der Waals surface area contributed by atoms with Crippen molar-refractivity contribution in [3.63, 3.8) is 0 Å². The molecule has 19 heavy (non-hydrogen) atoms. The number of aromatic nitrogens is 3. The first-order chi connectivity index (χ1) is 9.29. The fourth-order valence-corrected chi connectivity index (χ4v) is 2.84. The van der Waals surface area contributed by atoms with Crippen LogP contribution in [0.3, 0.4) is 0 Å². The van der Waals surface area contributed by atoms with Crippen LogP contribution in [0.15, 0.2) is 12.7 Å². The summed E-state index contributed by atoms with van der Waals surface area (Å²) in [6.45, 7) is 4.27. The Kier molecular flexibility index (Phi) is 3.50. The summed E-state index contributed by atoms with van der Waals surface area (Å²) in [7, 11) is 0. The van der Waals surface area contributed by atoms with Gasteiger partial charge in [0.25, 0.3) is 0 Å². The maximum atomic E-state index is 12.4. The maximum Gasteiger partial charge on any atom is 0.228 e. The van der Waals surface area contributed by atoms with Crippen molar-refractivity contribution >= 4 is 5.91 Å². The van der Waals surface area contributed by atoms with Gasteiger partial charge in [0.1, 0.15) is 12.7 Å². The molecule has 0 spiro atoms. The lowest BCUT2D eigenvalue weighted by Crippen LogP contribution is -2.42. The summed E-state index contributed by atoms with van der Waals surface area (Å²) in [5.41, 5.74) is 0. The van der Waals surface area contributed by atoms with Crippen LogP contribution < -0.4 is 0 Å². The van der Waals surface area contributed by atoms with Gasteiger partial charge in [-0.2, -0.15) is 5.10 Å². The van der Waals surface area contributed by atoms with E-state index in [4.69, 9.17) is 4.74 Å². The molecule has 2 fully saturated rings. The van der Waals surface area contributed by atoms with E-state index in [1.165, 1.54) is 0 Å². The highest BCUT2D eigenvalue weighted by Gasteiger charge is 2.46. The smallest absolute Gasteiger partial charge is 0.228 e. The number of piperidine rings is 1. The minimum atomic E-state index is 0.0921. The van der Waals surface area contributed by atoms with Gasteiger partial charge in [-0.1, -0.05) is 0 Å². The van der Waals surface area contributed by atoms with Crippen LogP contribution in [0.2, 0.25) is 0 Å². The lowest BCUT2D eigenvalue weighted by atomic mass is 10.1. The van der Waals surface area contributed by atoms with Gasteiger partial charge in [0.15, 0.2) is 0 Å². The number of ether oxygens (including phenoxy) is 1. The molecule has 0 bridgehead atoms. The summed E-state index contributed by atoms with van der Waals surface area (Å²) in [6.07, 6.45) is 6.42. The molecule has 2 aliphatic rings. The minimum Gasteiger partial charge on any atom is -0.378 e. The third-order valence-corrected chi connectivity index (χ3v) is 3.95. The highest BCUT2D eigenvalue weighted by molar-refractivity contribution is 5.82. The van der Waals surface area contributed by atoms with E-state index in [1.807, 2.05) is 16.5 Å². The van der Waals surface area contributed by atoms with Crippen molar-refractivity contribution in [3.05, 3.63) is 12.7 Å². The molecule has 1 aromatic rings. The van der Waals surface area contributed by atoms with Gasteiger partial charge in [-0.05, 0) is 26.2 Å². The zero-order valence-corrected chi connectivity index (χ0v) is 11.2. The number of rotatable bonds is 4. The Morgan fingerprint density at radius 1 is 1.53 bits per heavy atom. The molecule has 1 aromatic heterocycles. The Hall–Kier alpha value is -1.43. The highest BCUT2D eigenvalue weighted by atomic mass is 16.5. The lowest BCUT2D eigenvalue weighted by molar-refractivity contribution is -0.135. The SMILES string of the molecule is CCO[C@@H]1C[C@@H]1C(=O)N1CCC[C@@H](n2cncn2)C1. The van der Waals surface area contributed by atoms with E-state index in [-0.39, 0.29) is 24.0 Å². The van der Waals surface area contributed by atoms with Gasteiger partial charge in [0.05, 0.1) is 18.1 Å². The summed E-state index contributed by atoms with van der Waals surface area (Å²) in [5, 5.41) is 4.18. The number of likely N-dealkylation sites (tertiary alicyclic amines) is 1. The molecular formula is C13H20N4O2. The Labute approximate surface area is 112 Å². The second-order valence-corrected chi connectivity index (χ2v) is 5.29. The van der Waals surface area contributed by atoms with Crippen molar-refractivity contribution in [2.75, 3.05) is 19.7 Å². The number of hydrogen-bond donors (Lipinski definition) is 0. The first-order valence-electron chi connectivity index (χ1n) is 7.04. The summed E-state index contributed by atoms with van der Waals surface area (Å²) in [5.74, 6) is 0.345. The van der Waals surface area contributed by atoms with E-state index in [0.29, 0.717) is 6.61 Å². The van der Waals surface area contributed by atoms with Crippen LogP contribution in [-0.4, -0.2) is 51.4 Å². The molecule has 104 valence electrons. The van der Waals surface area contributed by atoms with E-state index in [0.717, 1.165) is 32.4 Å². The molecule has 1 saturated heterocycles. The summed E-state index contributed by atoms with van der Waals surface area (Å²) in [4.78, 5) is 18.3. The molecule has 1 saturated carbocycles. The molecule has 0 N–H and O–H groups in total. The van der Waals surface area contributed by atoms with Gasteiger partial charge in [-0.25, -0.2) is 9.67 Å². The highest BCUT2D eigenvalue weighted by Crippen LogP contribution is 2.36. The zero-order valence-electron chi connectivity index (χ0n) is 11.2. The lowest BCUT2D eigenvalue weighted by Gasteiger charge is -2.32. The van der Waals surface area contributed by atoms with E-state index in [1.54, 1.807) is 12.7 Å². The van der Waals surface area contributed by atoms with Crippen molar-refractivity contribution in [2.45, 2.75) is 38.3 Å². The van der Waals surface area contributed by atoms with Crippen LogP contribution in [0, 0.1) is 5.92 Å². The Morgan fingerprint density at radius 3 is 3.16 bits per heavy atom. The van der Waals surface area contributed by atoms with E-state index in [2.05, 4.69) is 10.1 Å². The number of amides is 1.